The first-order chi connectivity index (χ1) is 14.9. The van der Waals surface area contributed by atoms with Gasteiger partial charge in [-0.2, -0.15) is 4.31 Å². The zero-order valence-electron chi connectivity index (χ0n) is 17.8. The van der Waals surface area contributed by atoms with E-state index in [4.69, 9.17) is 11.6 Å². The van der Waals surface area contributed by atoms with E-state index in [0.717, 1.165) is 19.5 Å². The Bertz CT molecular complexity index is 952. The van der Waals surface area contributed by atoms with Gasteiger partial charge in [0.1, 0.15) is 0 Å². The van der Waals surface area contributed by atoms with Crippen molar-refractivity contribution in [2.24, 2.45) is 5.92 Å². The molecule has 0 spiro atoms. The number of sulfonamides is 1. The van der Waals surface area contributed by atoms with E-state index in [9.17, 15) is 13.2 Å². The van der Waals surface area contributed by atoms with E-state index in [1.807, 2.05) is 18.2 Å². The normalized spacial score (nSPS) is 17.6. The van der Waals surface area contributed by atoms with Crippen LogP contribution in [0.15, 0.2) is 59.5 Å². The van der Waals surface area contributed by atoms with Gasteiger partial charge < -0.3 is 10.2 Å². The van der Waals surface area contributed by atoms with Crippen LogP contribution in [0.5, 0.6) is 0 Å². The van der Waals surface area contributed by atoms with Crippen LogP contribution in [-0.2, 0) is 21.4 Å². The minimum Gasteiger partial charge on any atom is -0.356 e. The van der Waals surface area contributed by atoms with Gasteiger partial charge in [0.05, 0.1) is 10.8 Å². The number of carbonyl (C=O) groups excluding carboxylic acids is 1. The van der Waals surface area contributed by atoms with Crippen LogP contribution < -0.4 is 5.32 Å². The fraction of sp³-hybridized carbons (Fsp3) is 0.435. The van der Waals surface area contributed by atoms with Gasteiger partial charge in [-0.1, -0.05) is 41.9 Å². The second-order valence-electron chi connectivity index (χ2n) is 8.02. The van der Waals surface area contributed by atoms with E-state index in [1.54, 1.807) is 12.1 Å². The van der Waals surface area contributed by atoms with Gasteiger partial charge in [-0.05, 0) is 62.7 Å². The van der Waals surface area contributed by atoms with Crippen LogP contribution in [0.3, 0.4) is 0 Å². The largest absolute Gasteiger partial charge is 0.356 e. The van der Waals surface area contributed by atoms with Crippen LogP contribution in [-0.4, -0.2) is 56.8 Å². The van der Waals surface area contributed by atoms with Crippen molar-refractivity contribution in [3.05, 3.63) is 65.2 Å². The van der Waals surface area contributed by atoms with Crippen molar-refractivity contribution in [3.8, 4) is 0 Å². The summed E-state index contributed by atoms with van der Waals surface area (Å²) in [6, 6.07) is 16.4. The summed E-state index contributed by atoms with van der Waals surface area (Å²) >= 11 is 5.87. The van der Waals surface area contributed by atoms with Crippen molar-refractivity contribution in [1.82, 2.24) is 14.5 Å². The lowest BCUT2D eigenvalue weighted by molar-refractivity contribution is -0.126. The molecule has 2 aromatic rings. The Morgan fingerprint density at radius 2 is 1.87 bits per heavy atom. The molecule has 1 saturated heterocycles. The molecule has 0 saturated carbocycles. The van der Waals surface area contributed by atoms with Crippen LogP contribution in [0, 0.1) is 5.92 Å². The molecule has 1 atom stereocenters. The van der Waals surface area contributed by atoms with Gasteiger partial charge in [-0.3, -0.25) is 4.79 Å². The Hall–Kier alpha value is -1.93. The number of rotatable bonds is 9. The van der Waals surface area contributed by atoms with Crippen molar-refractivity contribution < 1.29 is 13.2 Å². The molecule has 1 fully saturated rings. The van der Waals surface area contributed by atoms with Gasteiger partial charge >= 0.3 is 0 Å². The molecule has 0 bridgehead atoms. The van der Waals surface area contributed by atoms with Crippen LogP contribution in [0.2, 0.25) is 5.02 Å². The van der Waals surface area contributed by atoms with Crippen LogP contribution in [0.4, 0.5) is 0 Å². The Labute approximate surface area is 190 Å². The Morgan fingerprint density at radius 1 is 1.16 bits per heavy atom. The molecule has 8 heteroatoms. The second kappa shape index (κ2) is 11.1. The molecule has 1 N–H and O–H groups in total. The summed E-state index contributed by atoms with van der Waals surface area (Å²) in [6.45, 7) is 2.97. The molecule has 2 aromatic carbocycles. The van der Waals surface area contributed by atoms with Crippen molar-refractivity contribution in [3.63, 3.8) is 0 Å². The van der Waals surface area contributed by atoms with Crippen molar-refractivity contribution in [2.75, 3.05) is 33.2 Å². The zero-order chi connectivity index (χ0) is 22.3. The van der Waals surface area contributed by atoms with Crippen molar-refractivity contribution in [1.29, 1.82) is 0 Å². The summed E-state index contributed by atoms with van der Waals surface area (Å²) in [4.78, 5) is 15.1. The molecular weight excluding hydrogens is 434 g/mol. The minimum absolute atomic E-state index is 0.0679. The molecule has 1 amide bonds. The number of nitrogens with zero attached hydrogens (tertiary/aromatic N) is 2. The van der Waals surface area contributed by atoms with E-state index in [0.29, 0.717) is 31.0 Å². The number of hydrogen-bond donors (Lipinski definition) is 1. The Morgan fingerprint density at radius 3 is 2.58 bits per heavy atom. The maximum atomic E-state index is 12.9. The number of halogens is 1. The summed E-state index contributed by atoms with van der Waals surface area (Å²) < 4.78 is 27.2. The average Bonchev–Trinajstić information content (AvgIpc) is 2.77. The molecule has 0 radical (unpaired) electrons. The molecule has 1 aliphatic rings. The molecule has 31 heavy (non-hydrogen) atoms. The van der Waals surface area contributed by atoms with E-state index in [2.05, 4.69) is 29.4 Å². The van der Waals surface area contributed by atoms with Crippen molar-refractivity contribution in [2.45, 2.75) is 30.7 Å². The summed E-state index contributed by atoms with van der Waals surface area (Å²) in [6.07, 6.45) is 2.21. The Balaban J connectivity index is 1.44. The van der Waals surface area contributed by atoms with Crippen LogP contribution >= 0.6 is 11.6 Å². The quantitative estimate of drug-likeness (QED) is 0.579. The fourth-order valence-electron chi connectivity index (χ4n) is 3.81. The van der Waals surface area contributed by atoms with E-state index >= 15 is 0 Å². The maximum Gasteiger partial charge on any atom is 0.243 e. The first kappa shape index (κ1) is 23.7. The summed E-state index contributed by atoms with van der Waals surface area (Å²) in [7, 11) is -1.56. The molecule has 1 unspecified atom stereocenters. The fourth-order valence-corrected chi connectivity index (χ4v) is 5.46. The van der Waals surface area contributed by atoms with E-state index in [-0.39, 0.29) is 23.3 Å². The molecule has 0 aliphatic carbocycles. The highest BCUT2D eigenvalue weighted by atomic mass is 35.5. The monoisotopic (exact) mass is 463 g/mol. The first-order valence-electron chi connectivity index (χ1n) is 10.6. The standard InChI is InChI=1S/C23H30ClN3O3S/c1-26(17-19-7-3-2-4-8-19)15-6-14-25-23(28)20-9-5-16-27(18-20)31(29,30)22-12-10-21(24)11-13-22/h2-4,7-8,10-13,20H,5-6,9,14-18H2,1H3,(H,25,28). The molecule has 1 aliphatic heterocycles. The second-order valence-corrected chi connectivity index (χ2v) is 10.4. The van der Waals surface area contributed by atoms with Gasteiger partial charge in [0.25, 0.3) is 0 Å². The number of piperidine rings is 1. The minimum atomic E-state index is -3.62. The number of carbonyl (C=O) groups is 1. The third kappa shape index (κ3) is 6.77. The van der Waals surface area contributed by atoms with Crippen molar-refractivity contribution >= 4 is 27.5 Å². The summed E-state index contributed by atoms with van der Waals surface area (Å²) in [5, 5.41) is 3.48. The van der Waals surface area contributed by atoms with E-state index in [1.165, 1.54) is 22.0 Å². The van der Waals surface area contributed by atoms with Gasteiger partial charge in [-0.25, -0.2) is 8.42 Å². The SMILES string of the molecule is CN(CCCNC(=O)C1CCCN(S(=O)(=O)c2ccc(Cl)cc2)C1)Cc1ccccc1. The third-order valence-electron chi connectivity index (χ3n) is 5.52. The number of benzene rings is 2. The third-order valence-corrected chi connectivity index (χ3v) is 7.65. The average molecular weight is 464 g/mol. The Kier molecular flexibility index (Phi) is 8.49. The van der Waals surface area contributed by atoms with Gasteiger partial charge in [-0.15, -0.1) is 0 Å². The summed E-state index contributed by atoms with van der Waals surface area (Å²) in [5.41, 5.74) is 1.26. The molecular formula is C23H30ClN3O3S. The lowest BCUT2D eigenvalue weighted by Crippen LogP contribution is -2.45. The highest BCUT2D eigenvalue weighted by Crippen LogP contribution is 2.24. The zero-order valence-corrected chi connectivity index (χ0v) is 19.4. The van der Waals surface area contributed by atoms with Gasteiger partial charge in [0.15, 0.2) is 0 Å². The molecule has 3 rings (SSSR count). The highest BCUT2D eigenvalue weighted by molar-refractivity contribution is 7.89. The van der Waals surface area contributed by atoms with Crippen LogP contribution in [0.1, 0.15) is 24.8 Å². The lowest BCUT2D eigenvalue weighted by Gasteiger charge is -2.31. The van der Waals surface area contributed by atoms with Gasteiger partial charge in [0, 0.05) is 31.2 Å². The lowest BCUT2D eigenvalue weighted by atomic mass is 9.99. The maximum absolute atomic E-state index is 12.9. The number of hydrogen-bond acceptors (Lipinski definition) is 4. The highest BCUT2D eigenvalue weighted by Gasteiger charge is 2.33. The molecule has 6 nitrogen and oxygen atoms in total. The first-order valence-corrected chi connectivity index (χ1v) is 12.4. The summed E-state index contributed by atoms with van der Waals surface area (Å²) in [5.74, 6) is -0.389. The van der Waals surface area contributed by atoms with Crippen LogP contribution in [0.25, 0.3) is 0 Å². The molecule has 0 aromatic heterocycles. The topological polar surface area (TPSA) is 69.7 Å². The van der Waals surface area contributed by atoms with E-state index < -0.39 is 10.0 Å². The smallest absolute Gasteiger partial charge is 0.243 e. The predicted octanol–water partition coefficient (Wildman–Crippen LogP) is 3.38. The number of amides is 1. The number of nitrogens with one attached hydrogen (secondary N) is 1. The molecule has 168 valence electrons. The van der Waals surface area contributed by atoms with Gasteiger partial charge in [0.2, 0.25) is 15.9 Å². The predicted molar refractivity (Wildman–Crippen MR) is 123 cm³/mol. The molecule has 1 heterocycles.